The molecule has 2 unspecified atom stereocenters. The molecule has 3 atom stereocenters. The van der Waals surface area contributed by atoms with Gasteiger partial charge in [-0.25, -0.2) is 4.79 Å². The van der Waals surface area contributed by atoms with E-state index in [-0.39, 0.29) is 18.6 Å². The van der Waals surface area contributed by atoms with Gasteiger partial charge in [0.15, 0.2) is 0 Å². The summed E-state index contributed by atoms with van der Waals surface area (Å²) >= 11 is 0. The van der Waals surface area contributed by atoms with Crippen LogP contribution in [0, 0.1) is 5.92 Å². The average Bonchev–Trinajstić information content (AvgIpc) is 2.70. The number of amides is 1. The van der Waals surface area contributed by atoms with Crippen LogP contribution in [0.25, 0.3) is 0 Å². The number of hydrogen-bond acceptors (Lipinski definition) is 4. The summed E-state index contributed by atoms with van der Waals surface area (Å²) in [7, 11) is 0. The van der Waals surface area contributed by atoms with Crippen LogP contribution in [0.2, 0.25) is 0 Å². The number of nitrogens with two attached hydrogens (primary N) is 1. The molecule has 0 aromatic carbocycles. The second kappa shape index (κ2) is 6.56. The minimum atomic E-state index is -1.00. The zero-order valence-corrected chi connectivity index (χ0v) is 10.0. The lowest BCUT2D eigenvalue weighted by Gasteiger charge is -2.18. The monoisotopic (exact) mass is 244 g/mol. The van der Waals surface area contributed by atoms with Crippen molar-refractivity contribution in [3.8, 4) is 0 Å². The van der Waals surface area contributed by atoms with Gasteiger partial charge in [0.1, 0.15) is 6.04 Å². The molecule has 6 heteroatoms. The van der Waals surface area contributed by atoms with Crippen LogP contribution in [0.15, 0.2) is 0 Å². The molecule has 0 saturated carbocycles. The van der Waals surface area contributed by atoms with Crippen LogP contribution < -0.4 is 11.1 Å². The SMILES string of the molecule is CCCC[C@H](NC(=O)C1COCC1N)C(=O)O. The Kier molecular flexibility index (Phi) is 5.37. The second-order valence-corrected chi connectivity index (χ2v) is 4.35. The maximum atomic E-state index is 11.8. The number of carbonyl (C=O) groups excluding carboxylic acids is 1. The van der Waals surface area contributed by atoms with Crippen LogP contribution >= 0.6 is 0 Å². The summed E-state index contributed by atoms with van der Waals surface area (Å²) in [6.07, 6.45) is 2.11. The molecule has 0 bridgehead atoms. The Balaban J connectivity index is 2.48. The van der Waals surface area contributed by atoms with Crippen molar-refractivity contribution in [2.75, 3.05) is 13.2 Å². The van der Waals surface area contributed by atoms with Crippen molar-refractivity contribution < 1.29 is 19.4 Å². The molecule has 17 heavy (non-hydrogen) atoms. The predicted octanol–water partition coefficient (Wildman–Crippen LogP) is -0.280. The van der Waals surface area contributed by atoms with Gasteiger partial charge < -0.3 is 20.9 Å². The Morgan fingerprint density at radius 2 is 2.24 bits per heavy atom. The number of carbonyl (C=O) groups is 2. The molecule has 1 fully saturated rings. The van der Waals surface area contributed by atoms with Crippen molar-refractivity contribution in [3.63, 3.8) is 0 Å². The molecule has 1 aliphatic rings. The largest absolute Gasteiger partial charge is 0.480 e. The third-order valence-electron chi connectivity index (χ3n) is 2.92. The van der Waals surface area contributed by atoms with Gasteiger partial charge in [0.25, 0.3) is 0 Å². The van der Waals surface area contributed by atoms with Gasteiger partial charge in [-0.05, 0) is 6.42 Å². The molecule has 1 saturated heterocycles. The van der Waals surface area contributed by atoms with Crippen molar-refractivity contribution in [1.29, 1.82) is 0 Å². The van der Waals surface area contributed by atoms with E-state index in [1.165, 1.54) is 0 Å². The molecule has 4 N–H and O–H groups in total. The van der Waals surface area contributed by atoms with Gasteiger partial charge in [0.05, 0.1) is 19.1 Å². The highest BCUT2D eigenvalue weighted by atomic mass is 16.5. The highest BCUT2D eigenvalue weighted by molar-refractivity contribution is 5.85. The minimum absolute atomic E-state index is 0.271. The first-order valence-corrected chi connectivity index (χ1v) is 5.92. The van der Waals surface area contributed by atoms with Crippen molar-refractivity contribution in [2.45, 2.75) is 38.3 Å². The van der Waals surface area contributed by atoms with E-state index in [4.69, 9.17) is 15.6 Å². The molecule has 98 valence electrons. The summed E-state index contributed by atoms with van der Waals surface area (Å²) in [6.45, 7) is 2.60. The fourth-order valence-electron chi connectivity index (χ4n) is 1.79. The van der Waals surface area contributed by atoms with Gasteiger partial charge in [-0.3, -0.25) is 4.79 Å². The highest BCUT2D eigenvalue weighted by Gasteiger charge is 2.33. The zero-order chi connectivity index (χ0) is 12.8. The number of rotatable bonds is 6. The Labute approximate surface area is 101 Å². The van der Waals surface area contributed by atoms with E-state index >= 15 is 0 Å². The van der Waals surface area contributed by atoms with Crippen molar-refractivity contribution in [2.24, 2.45) is 11.7 Å². The van der Waals surface area contributed by atoms with Crippen LogP contribution in [0.4, 0.5) is 0 Å². The normalized spacial score (nSPS) is 25.5. The fraction of sp³-hybridized carbons (Fsp3) is 0.818. The summed E-state index contributed by atoms with van der Waals surface area (Å²) in [5, 5.41) is 11.5. The third kappa shape index (κ3) is 3.98. The lowest BCUT2D eigenvalue weighted by Crippen LogP contribution is -2.47. The Bertz CT molecular complexity index is 283. The minimum Gasteiger partial charge on any atom is -0.480 e. The third-order valence-corrected chi connectivity index (χ3v) is 2.92. The van der Waals surface area contributed by atoms with Crippen LogP contribution in [0.5, 0.6) is 0 Å². The highest BCUT2D eigenvalue weighted by Crippen LogP contribution is 2.12. The van der Waals surface area contributed by atoms with E-state index in [1.54, 1.807) is 0 Å². The second-order valence-electron chi connectivity index (χ2n) is 4.35. The molecular formula is C11H20N2O4. The van der Waals surface area contributed by atoms with Gasteiger partial charge in [-0.2, -0.15) is 0 Å². The summed E-state index contributed by atoms with van der Waals surface area (Å²) in [5.74, 6) is -1.75. The zero-order valence-electron chi connectivity index (χ0n) is 10.0. The first-order valence-electron chi connectivity index (χ1n) is 5.92. The Morgan fingerprint density at radius 1 is 1.53 bits per heavy atom. The molecule has 0 spiro atoms. The molecule has 1 amide bonds. The maximum absolute atomic E-state index is 11.8. The van der Waals surface area contributed by atoms with Crippen molar-refractivity contribution >= 4 is 11.9 Å². The predicted molar refractivity (Wildman–Crippen MR) is 61.4 cm³/mol. The van der Waals surface area contributed by atoms with Gasteiger partial charge in [-0.1, -0.05) is 19.8 Å². The molecule has 1 rings (SSSR count). The van der Waals surface area contributed by atoms with Crippen molar-refractivity contribution in [1.82, 2.24) is 5.32 Å². The molecule has 0 radical (unpaired) electrons. The van der Waals surface area contributed by atoms with Gasteiger partial charge in [0.2, 0.25) is 5.91 Å². The van der Waals surface area contributed by atoms with Gasteiger partial charge >= 0.3 is 5.97 Å². The van der Waals surface area contributed by atoms with Crippen LogP contribution in [-0.2, 0) is 14.3 Å². The van der Waals surface area contributed by atoms with E-state index < -0.39 is 17.9 Å². The summed E-state index contributed by atoms with van der Waals surface area (Å²) in [4.78, 5) is 22.8. The Hall–Kier alpha value is -1.14. The number of carboxylic acid groups (broad SMARTS) is 1. The fourth-order valence-corrected chi connectivity index (χ4v) is 1.79. The molecule has 0 aromatic heterocycles. The van der Waals surface area contributed by atoms with E-state index in [2.05, 4.69) is 5.32 Å². The lowest BCUT2D eigenvalue weighted by molar-refractivity contribution is -0.142. The molecule has 0 aromatic rings. The number of ether oxygens (including phenoxy) is 1. The maximum Gasteiger partial charge on any atom is 0.326 e. The molecule has 1 heterocycles. The van der Waals surface area contributed by atoms with E-state index in [1.807, 2.05) is 6.92 Å². The summed E-state index contributed by atoms with van der Waals surface area (Å²) in [6, 6.07) is -1.16. The van der Waals surface area contributed by atoms with E-state index in [0.717, 1.165) is 12.8 Å². The Morgan fingerprint density at radius 3 is 2.71 bits per heavy atom. The molecule has 1 aliphatic heterocycles. The summed E-state index contributed by atoms with van der Waals surface area (Å²) in [5.41, 5.74) is 5.70. The number of carboxylic acids is 1. The lowest BCUT2D eigenvalue weighted by atomic mass is 10.0. The van der Waals surface area contributed by atoms with Crippen LogP contribution in [-0.4, -0.2) is 42.3 Å². The standard InChI is InChI=1S/C11H20N2O4/c1-2-3-4-9(11(15)16)13-10(14)7-5-17-6-8(7)12/h7-9H,2-6,12H2,1H3,(H,13,14)(H,15,16)/t7?,8?,9-/m0/s1. The van der Waals surface area contributed by atoms with Crippen LogP contribution in [0.1, 0.15) is 26.2 Å². The first-order chi connectivity index (χ1) is 8.06. The topological polar surface area (TPSA) is 102 Å². The van der Waals surface area contributed by atoms with Gasteiger partial charge in [0, 0.05) is 6.04 Å². The summed E-state index contributed by atoms with van der Waals surface area (Å²) < 4.78 is 5.08. The van der Waals surface area contributed by atoms with Crippen LogP contribution in [0.3, 0.4) is 0 Å². The average molecular weight is 244 g/mol. The quantitative estimate of drug-likeness (QED) is 0.596. The van der Waals surface area contributed by atoms with Crippen molar-refractivity contribution in [3.05, 3.63) is 0 Å². The first kappa shape index (κ1) is 13.9. The number of nitrogens with one attached hydrogen (secondary N) is 1. The molecule has 0 aliphatic carbocycles. The van der Waals surface area contributed by atoms with E-state index in [0.29, 0.717) is 13.0 Å². The molecular weight excluding hydrogens is 224 g/mol. The smallest absolute Gasteiger partial charge is 0.326 e. The van der Waals surface area contributed by atoms with Gasteiger partial charge in [-0.15, -0.1) is 0 Å². The number of aliphatic carboxylic acids is 1. The van der Waals surface area contributed by atoms with E-state index in [9.17, 15) is 9.59 Å². The number of hydrogen-bond donors (Lipinski definition) is 3. The molecule has 6 nitrogen and oxygen atoms in total. The number of unbranched alkanes of at least 4 members (excludes halogenated alkanes) is 1.